The zero-order valence-electron chi connectivity index (χ0n) is 18.3. The number of benzene rings is 2. The first kappa shape index (κ1) is 24.1. The van der Waals surface area contributed by atoms with Crippen molar-refractivity contribution >= 4 is 33.2 Å². The average Bonchev–Trinajstić information content (AvgIpc) is 3.32. The summed E-state index contributed by atoms with van der Waals surface area (Å²) in [5.41, 5.74) is 5.44. The van der Waals surface area contributed by atoms with Gasteiger partial charge in [0.05, 0.1) is 16.4 Å². The number of aryl methyl sites for hydroxylation is 1. The van der Waals surface area contributed by atoms with Gasteiger partial charge in [0.25, 0.3) is 17.5 Å². The number of nitro benzene ring substituents is 1. The van der Waals surface area contributed by atoms with E-state index in [0.29, 0.717) is 18.8 Å². The highest BCUT2D eigenvalue weighted by Crippen LogP contribution is 2.31. The lowest BCUT2D eigenvalue weighted by Crippen LogP contribution is -2.46. The second kappa shape index (κ2) is 9.96. The minimum Gasteiger partial charge on any atom is -0.366 e. The molecule has 1 aliphatic heterocycles. The van der Waals surface area contributed by atoms with Crippen molar-refractivity contribution in [2.45, 2.75) is 24.7 Å². The Morgan fingerprint density at radius 2 is 1.73 bits per heavy atom. The maximum atomic E-state index is 12.6. The first-order chi connectivity index (χ1) is 15.6. The molecular formula is C21H25N5O6S. The van der Waals surface area contributed by atoms with Gasteiger partial charge in [-0.1, -0.05) is 17.7 Å². The first-order valence-corrected chi connectivity index (χ1v) is 11.7. The van der Waals surface area contributed by atoms with Crippen LogP contribution in [-0.4, -0.2) is 56.1 Å². The largest absolute Gasteiger partial charge is 0.366 e. The fraction of sp³-hybridized carbons (Fsp3) is 0.333. The van der Waals surface area contributed by atoms with Crippen LogP contribution in [0.5, 0.6) is 0 Å². The predicted octanol–water partition coefficient (Wildman–Crippen LogP) is 1.59. The van der Waals surface area contributed by atoms with Crippen molar-refractivity contribution in [3.63, 3.8) is 0 Å². The molecule has 0 unspecified atom stereocenters. The number of nitrogens with one attached hydrogen (secondary N) is 2. The number of hydrazine groups is 1. The predicted molar refractivity (Wildman–Crippen MR) is 121 cm³/mol. The zero-order valence-corrected chi connectivity index (χ0v) is 19.1. The molecular weight excluding hydrogens is 450 g/mol. The summed E-state index contributed by atoms with van der Waals surface area (Å²) in [5.74, 6) is -1.53. The Labute approximate surface area is 191 Å². The van der Waals surface area contributed by atoms with Gasteiger partial charge in [-0.3, -0.25) is 30.6 Å². The number of anilines is 1. The van der Waals surface area contributed by atoms with E-state index in [4.69, 9.17) is 0 Å². The van der Waals surface area contributed by atoms with Crippen LogP contribution in [0.2, 0.25) is 0 Å². The number of hydrogen-bond acceptors (Lipinski definition) is 7. The third-order valence-corrected chi connectivity index (χ3v) is 7.11. The summed E-state index contributed by atoms with van der Waals surface area (Å²) < 4.78 is 26.0. The molecule has 3 rings (SSSR count). The number of rotatable bonds is 7. The SMILES string of the molecule is Cc1ccc(S(=O)(=O)N(C)CC(=O)NNC(=O)c2ccc(N3CCCC3)c([N+](=O)[O-])c2)cc1. The van der Waals surface area contributed by atoms with Gasteiger partial charge < -0.3 is 4.90 Å². The van der Waals surface area contributed by atoms with E-state index >= 15 is 0 Å². The van der Waals surface area contributed by atoms with Crippen molar-refractivity contribution in [2.75, 3.05) is 31.6 Å². The molecule has 1 heterocycles. The van der Waals surface area contributed by atoms with Crippen molar-refractivity contribution < 1.29 is 22.9 Å². The third-order valence-electron chi connectivity index (χ3n) is 5.29. The van der Waals surface area contributed by atoms with Gasteiger partial charge in [-0.25, -0.2) is 8.42 Å². The van der Waals surface area contributed by atoms with Crippen LogP contribution in [0.15, 0.2) is 47.4 Å². The Hall–Kier alpha value is -3.51. The summed E-state index contributed by atoms with van der Waals surface area (Å²) in [4.78, 5) is 37.4. The van der Waals surface area contributed by atoms with E-state index in [9.17, 15) is 28.1 Å². The number of hydrogen-bond donors (Lipinski definition) is 2. The monoisotopic (exact) mass is 475 g/mol. The minimum atomic E-state index is -3.89. The molecule has 33 heavy (non-hydrogen) atoms. The zero-order chi connectivity index (χ0) is 24.2. The van der Waals surface area contributed by atoms with Crippen LogP contribution < -0.4 is 15.8 Å². The molecule has 2 aromatic rings. The maximum Gasteiger partial charge on any atom is 0.293 e. The highest BCUT2D eigenvalue weighted by molar-refractivity contribution is 7.89. The van der Waals surface area contributed by atoms with Crippen molar-refractivity contribution in [1.29, 1.82) is 0 Å². The third kappa shape index (κ3) is 5.65. The van der Waals surface area contributed by atoms with Gasteiger partial charge in [-0.05, 0) is 44.0 Å². The minimum absolute atomic E-state index is 0.00872. The molecule has 1 saturated heterocycles. The van der Waals surface area contributed by atoms with Crippen molar-refractivity contribution in [1.82, 2.24) is 15.2 Å². The Balaban J connectivity index is 1.62. The van der Waals surface area contributed by atoms with E-state index in [1.807, 2.05) is 11.8 Å². The molecule has 12 heteroatoms. The molecule has 0 aliphatic carbocycles. The molecule has 176 valence electrons. The van der Waals surface area contributed by atoms with E-state index in [-0.39, 0.29) is 16.1 Å². The molecule has 0 spiro atoms. The summed E-state index contributed by atoms with van der Waals surface area (Å²) in [6.07, 6.45) is 1.89. The molecule has 0 atom stereocenters. The lowest BCUT2D eigenvalue weighted by molar-refractivity contribution is -0.384. The molecule has 2 N–H and O–H groups in total. The van der Waals surface area contributed by atoms with Gasteiger partial charge in [0.2, 0.25) is 10.0 Å². The molecule has 1 fully saturated rings. The van der Waals surface area contributed by atoms with Gasteiger partial charge >= 0.3 is 0 Å². The van der Waals surface area contributed by atoms with Gasteiger partial charge in [0.15, 0.2) is 0 Å². The second-order valence-corrected chi connectivity index (χ2v) is 9.78. The number of carbonyl (C=O) groups excluding carboxylic acids is 2. The van der Waals surface area contributed by atoms with Gasteiger partial charge in [0.1, 0.15) is 5.69 Å². The summed E-state index contributed by atoms with van der Waals surface area (Å²) in [6.45, 7) is 2.71. The summed E-state index contributed by atoms with van der Waals surface area (Å²) in [7, 11) is -2.64. The Morgan fingerprint density at radius 1 is 1.09 bits per heavy atom. The number of nitro groups is 1. The number of amides is 2. The van der Waals surface area contributed by atoms with Crippen LogP contribution in [0.4, 0.5) is 11.4 Å². The van der Waals surface area contributed by atoms with Crippen LogP contribution >= 0.6 is 0 Å². The van der Waals surface area contributed by atoms with E-state index in [2.05, 4.69) is 10.9 Å². The quantitative estimate of drug-likeness (QED) is 0.457. The van der Waals surface area contributed by atoms with Crippen molar-refractivity contribution in [3.8, 4) is 0 Å². The number of carbonyl (C=O) groups is 2. The van der Waals surface area contributed by atoms with Gasteiger partial charge in [0, 0.05) is 31.8 Å². The summed E-state index contributed by atoms with van der Waals surface area (Å²) in [5, 5.41) is 11.5. The topological polar surface area (TPSA) is 142 Å². The fourth-order valence-corrected chi connectivity index (χ4v) is 4.58. The van der Waals surface area contributed by atoms with E-state index in [1.54, 1.807) is 12.1 Å². The molecule has 2 amide bonds. The highest BCUT2D eigenvalue weighted by atomic mass is 32.2. The van der Waals surface area contributed by atoms with Crippen molar-refractivity contribution in [3.05, 3.63) is 63.7 Å². The molecule has 0 saturated carbocycles. The van der Waals surface area contributed by atoms with Crippen LogP contribution in [0.3, 0.4) is 0 Å². The molecule has 0 radical (unpaired) electrons. The molecule has 1 aliphatic rings. The van der Waals surface area contributed by atoms with Gasteiger partial charge in [-0.2, -0.15) is 4.31 Å². The average molecular weight is 476 g/mol. The van der Waals surface area contributed by atoms with Crippen LogP contribution in [0, 0.1) is 17.0 Å². The number of likely N-dealkylation sites (N-methyl/N-ethyl adjacent to an activating group) is 1. The molecule has 2 aromatic carbocycles. The van der Waals surface area contributed by atoms with Crippen LogP contribution in [0.1, 0.15) is 28.8 Å². The number of sulfonamides is 1. The lowest BCUT2D eigenvalue weighted by Gasteiger charge is -2.18. The molecule has 0 bridgehead atoms. The standard InChI is InChI=1S/C21H25N5O6S/c1-15-5-8-17(9-6-15)33(31,32)24(2)14-20(27)22-23-21(28)16-7-10-18(19(13-16)26(29)30)25-11-3-4-12-25/h5-10,13H,3-4,11-12,14H2,1-2H3,(H,22,27)(H,23,28). The lowest BCUT2D eigenvalue weighted by atomic mass is 10.1. The van der Waals surface area contributed by atoms with Crippen LogP contribution in [-0.2, 0) is 14.8 Å². The Bertz CT molecular complexity index is 1160. The molecule has 11 nitrogen and oxygen atoms in total. The smallest absolute Gasteiger partial charge is 0.293 e. The Morgan fingerprint density at radius 3 is 2.33 bits per heavy atom. The Kier molecular flexibility index (Phi) is 7.29. The first-order valence-electron chi connectivity index (χ1n) is 10.2. The van der Waals surface area contributed by atoms with Crippen molar-refractivity contribution in [2.24, 2.45) is 0 Å². The fourth-order valence-electron chi connectivity index (χ4n) is 3.45. The van der Waals surface area contributed by atoms with E-state index in [1.165, 1.54) is 31.3 Å². The maximum absolute atomic E-state index is 12.6. The van der Waals surface area contributed by atoms with Gasteiger partial charge in [-0.15, -0.1) is 0 Å². The molecule has 0 aromatic heterocycles. The van der Waals surface area contributed by atoms with Crippen LogP contribution in [0.25, 0.3) is 0 Å². The highest BCUT2D eigenvalue weighted by Gasteiger charge is 2.25. The summed E-state index contributed by atoms with van der Waals surface area (Å²) in [6, 6.07) is 10.3. The summed E-state index contributed by atoms with van der Waals surface area (Å²) >= 11 is 0. The van der Waals surface area contributed by atoms with E-state index in [0.717, 1.165) is 28.8 Å². The number of nitrogens with zero attached hydrogens (tertiary/aromatic N) is 3. The normalized spacial score (nSPS) is 13.7. The second-order valence-electron chi connectivity index (χ2n) is 7.73. The van der Waals surface area contributed by atoms with E-state index < -0.39 is 33.3 Å².